The molecule has 1 rings (SSSR count). The molecule has 0 aromatic carbocycles. The Morgan fingerprint density at radius 3 is 2.27 bits per heavy atom. The van der Waals surface area contributed by atoms with Crippen LogP contribution in [0.2, 0.25) is 0 Å². The highest BCUT2D eigenvalue weighted by Crippen LogP contribution is 2.02. The Labute approximate surface area is 92.8 Å². The Kier molecular flexibility index (Phi) is 3.84. The minimum atomic E-state index is 0.926. The lowest BCUT2D eigenvalue weighted by Crippen LogP contribution is -2.39. The van der Waals surface area contributed by atoms with Gasteiger partial charge in [-0.1, -0.05) is 12.7 Å². The van der Waals surface area contributed by atoms with Gasteiger partial charge >= 0.3 is 0 Å². The van der Waals surface area contributed by atoms with Crippen LogP contribution < -0.4 is 4.57 Å². The fraction of sp³-hybridized carbons (Fsp3) is 0.357. The predicted octanol–water partition coefficient (Wildman–Crippen LogP) is 3.03. The SMILES string of the molecule is C=C/C(C)=C/C[n+]1c(C)cc(C)cc1C. The highest BCUT2D eigenvalue weighted by Gasteiger charge is 2.09. The largest absolute Gasteiger partial charge is 0.197 e. The van der Waals surface area contributed by atoms with E-state index in [9.17, 15) is 0 Å². The van der Waals surface area contributed by atoms with Crippen molar-refractivity contribution in [2.75, 3.05) is 0 Å². The second-order valence-corrected chi connectivity index (χ2v) is 4.08. The molecule has 15 heavy (non-hydrogen) atoms. The lowest BCUT2D eigenvalue weighted by atomic mass is 10.2. The van der Waals surface area contributed by atoms with Crippen LogP contribution >= 0.6 is 0 Å². The maximum atomic E-state index is 3.75. The summed E-state index contributed by atoms with van der Waals surface area (Å²) in [6, 6.07) is 4.42. The number of hydrogen-bond donors (Lipinski definition) is 0. The second kappa shape index (κ2) is 4.92. The molecule has 0 saturated heterocycles. The quantitative estimate of drug-likeness (QED) is 0.524. The van der Waals surface area contributed by atoms with Crippen molar-refractivity contribution in [3.05, 3.63) is 53.4 Å². The van der Waals surface area contributed by atoms with Crippen LogP contribution in [0.15, 0.2) is 36.4 Å². The molecule has 0 unspecified atom stereocenters. The molecule has 0 aliphatic rings. The summed E-state index contributed by atoms with van der Waals surface area (Å²) < 4.78 is 2.31. The molecule has 1 aromatic rings. The lowest BCUT2D eigenvalue weighted by Gasteiger charge is -2.03. The van der Waals surface area contributed by atoms with Crippen molar-refractivity contribution < 1.29 is 4.57 Å². The molecule has 0 N–H and O–H groups in total. The highest BCUT2D eigenvalue weighted by atomic mass is 15.0. The molecule has 0 aliphatic heterocycles. The van der Waals surface area contributed by atoms with Gasteiger partial charge in [0, 0.05) is 26.0 Å². The monoisotopic (exact) mass is 202 g/mol. The van der Waals surface area contributed by atoms with E-state index < -0.39 is 0 Å². The van der Waals surface area contributed by atoms with E-state index in [1.807, 2.05) is 6.08 Å². The topological polar surface area (TPSA) is 3.88 Å². The van der Waals surface area contributed by atoms with E-state index in [2.05, 4.69) is 57.0 Å². The van der Waals surface area contributed by atoms with Crippen molar-refractivity contribution >= 4 is 0 Å². The number of allylic oxidation sites excluding steroid dienone is 3. The maximum Gasteiger partial charge on any atom is 0.179 e. The number of aryl methyl sites for hydroxylation is 3. The van der Waals surface area contributed by atoms with Gasteiger partial charge in [-0.25, -0.2) is 0 Å². The third-order valence-electron chi connectivity index (χ3n) is 2.64. The first-order valence-corrected chi connectivity index (χ1v) is 5.31. The molecule has 0 bridgehead atoms. The molecule has 1 heteroatoms. The molecule has 0 spiro atoms. The molecule has 1 aromatic heterocycles. The van der Waals surface area contributed by atoms with Gasteiger partial charge in [0.1, 0.15) is 0 Å². The Morgan fingerprint density at radius 1 is 1.27 bits per heavy atom. The van der Waals surface area contributed by atoms with E-state index in [4.69, 9.17) is 0 Å². The zero-order valence-corrected chi connectivity index (χ0v) is 10.2. The minimum absolute atomic E-state index is 0.926. The summed E-state index contributed by atoms with van der Waals surface area (Å²) in [5.74, 6) is 0. The Morgan fingerprint density at radius 2 is 1.80 bits per heavy atom. The van der Waals surface area contributed by atoms with E-state index >= 15 is 0 Å². The van der Waals surface area contributed by atoms with Gasteiger partial charge in [0.25, 0.3) is 0 Å². The van der Waals surface area contributed by atoms with Crippen LogP contribution in [0.3, 0.4) is 0 Å². The van der Waals surface area contributed by atoms with Crippen molar-refractivity contribution in [1.82, 2.24) is 0 Å². The molecule has 0 fully saturated rings. The molecular weight excluding hydrogens is 182 g/mol. The predicted molar refractivity (Wildman–Crippen MR) is 64.8 cm³/mol. The number of hydrogen-bond acceptors (Lipinski definition) is 0. The standard InChI is InChI=1S/C14H20N/c1-6-11(2)7-8-15-13(4)9-12(3)10-14(15)5/h6-7,9-10H,1,8H2,2-5H3/q+1/b11-7+. The number of rotatable bonds is 3. The van der Waals surface area contributed by atoms with Crippen molar-refractivity contribution in [1.29, 1.82) is 0 Å². The fourth-order valence-corrected chi connectivity index (χ4v) is 1.74. The van der Waals surface area contributed by atoms with E-state index in [0.717, 1.165) is 6.54 Å². The van der Waals surface area contributed by atoms with Crippen molar-refractivity contribution in [2.24, 2.45) is 0 Å². The van der Waals surface area contributed by atoms with Crippen LogP contribution in [0.25, 0.3) is 0 Å². The molecule has 0 saturated carbocycles. The fourth-order valence-electron chi connectivity index (χ4n) is 1.74. The van der Waals surface area contributed by atoms with Gasteiger partial charge in [-0.2, -0.15) is 4.57 Å². The molecule has 0 radical (unpaired) electrons. The van der Waals surface area contributed by atoms with Crippen molar-refractivity contribution in [2.45, 2.75) is 34.2 Å². The molecule has 0 amide bonds. The lowest BCUT2D eigenvalue weighted by molar-refractivity contribution is -0.699. The van der Waals surface area contributed by atoms with E-state index in [0.29, 0.717) is 0 Å². The van der Waals surface area contributed by atoms with Gasteiger partial charge in [0.15, 0.2) is 17.9 Å². The molecule has 0 atom stereocenters. The number of nitrogens with zero attached hydrogens (tertiary/aromatic N) is 1. The van der Waals surface area contributed by atoms with Crippen molar-refractivity contribution in [3.63, 3.8) is 0 Å². The van der Waals surface area contributed by atoms with Gasteiger partial charge in [-0.05, 0) is 31.1 Å². The molecular formula is C14H20N+. The summed E-state index contributed by atoms with van der Waals surface area (Å²) in [5, 5.41) is 0. The van der Waals surface area contributed by atoms with Gasteiger partial charge in [-0.3, -0.25) is 0 Å². The van der Waals surface area contributed by atoms with Gasteiger partial charge < -0.3 is 0 Å². The van der Waals surface area contributed by atoms with Crippen LogP contribution in [-0.2, 0) is 6.54 Å². The van der Waals surface area contributed by atoms with Crippen LogP contribution in [0, 0.1) is 20.8 Å². The van der Waals surface area contributed by atoms with Crippen LogP contribution in [0.5, 0.6) is 0 Å². The normalized spacial score (nSPS) is 11.6. The van der Waals surface area contributed by atoms with Gasteiger partial charge in [0.2, 0.25) is 0 Å². The number of aromatic nitrogens is 1. The summed E-state index contributed by atoms with van der Waals surface area (Å²) in [7, 11) is 0. The third kappa shape index (κ3) is 3.05. The average Bonchev–Trinajstić information content (AvgIpc) is 2.15. The van der Waals surface area contributed by atoms with Crippen molar-refractivity contribution in [3.8, 4) is 0 Å². The average molecular weight is 202 g/mol. The first-order chi connectivity index (χ1) is 7.04. The molecule has 1 nitrogen and oxygen atoms in total. The summed E-state index contributed by atoms with van der Waals surface area (Å²) in [5.41, 5.74) is 5.16. The molecule has 80 valence electrons. The third-order valence-corrected chi connectivity index (χ3v) is 2.64. The zero-order valence-electron chi connectivity index (χ0n) is 10.2. The smallest absolute Gasteiger partial charge is 0.179 e. The summed E-state index contributed by atoms with van der Waals surface area (Å²) in [6.45, 7) is 13.2. The van der Waals surface area contributed by atoms with Gasteiger partial charge in [-0.15, -0.1) is 0 Å². The Hall–Kier alpha value is -1.37. The maximum absolute atomic E-state index is 3.75. The van der Waals surface area contributed by atoms with Crippen LogP contribution in [0.4, 0.5) is 0 Å². The minimum Gasteiger partial charge on any atom is -0.197 e. The van der Waals surface area contributed by atoms with Gasteiger partial charge in [0.05, 0.1) is 0 Å². The number of pyridine rings is 1. The van der Waals surface area contributed by atoms with E-state index in [1.165, 1.54) is 22.5 Å². The first-order valence-electron chi connectivity index (χ1n) is 5.31. The summed E-state index contributed by atoms with van der Waals surface area (Å²) in [6.07, 6.45) is 4.09. The molecule has 0 aliphatic carbocycles. The second-order valence-electron chi connectivity index (χ2n) is 4.08. The Balaban J connectivity index is 3.00. The molecule has 1 heterocycles. The van der Waals surface area contributed by atoms with E-state index in [-0.39, 0.29) is 0 Å². The summed E-state index contributed by atoms with van der Waals surface area (Å²) in [4.78, 5) is 0. The van der Waals surface area contributed by atoms with Crippen LogP contribution in [-0.4, -0.2) is 0 Å². The van der Waals surface area contributed by atoms with Crippen LogP contribution in [0.1, 0.15) is 23.9 Å². The highest BCUT2D eigenvalue weighted by molar-refractivity contribution is 5.14. The zero-order chi connectivity index (χ0) is 11.4. The van der Waals surface area contributed by atoms with E-state index in [1.54, 1.807) is 0 Å². The Bertz CT molecular complexity index is 377. The summed E-state index contributed by atoms with van der Waals surface area (Å²) >= 11 is 0. The first kappa shape index (κ1) is 11.7.